The molecule has 2 aliphatic carbocycles. The summed E-state index contributed by atoms with van der Waals surface area (Å²) < 4.78 is 5.19. The summed E-state index contributed by atoms with van der Waals surface area (Å²) in [6.07, 6.45) is 7.72. The topological polar surface area (TPSA) is 41.6 Å². The smallest absolute Gasteiger partial charge is 0.255 e. The van der Waals surface area contributed by atoms with Gasteiger partial charge in [0.15, 0.2) is 0 Å². The first-order valence-corrected chi connectivity index (χ1v) is 10.9. The second-order valence-electron chi connectivity index (χ2n) is 9.07. The third-order valence-corrected chi connectivity index (χ3v) is 7.72. The van der Waals surface area contributed by atoms with E-state index < -0.39 is 0 Å². The van der Waals surface area contributed by atoms with E-state index in [1.165, 1.54) is 49.8 Å². The maximum atomic E-state index is 12.8. The van der Waals surface area contributed by atoms with Crippen molar-refractivity contribution in [2.45, 2.75) is 50.0 Å². The molecule has 1 N–H and O–H groups in total. The molecule has 0 spiro atoms. The summed E-state index contributed by atoms with van der Waals surface area (Å²) in [4.78, 5) is 15.4. The largest absolute Gasteiger partial charge is 0.497 e. The molecule has 1 saturated heterocycles. The Bertz CT molecular complexity index is 923. The summed E-state index contributed by atoms with van der Waals surface area (Å²) >= 11 is 0. The number of nitrogens with one attached hydrogen (secondary N) is 1. The van der Waals surface area contributed by atoms with Gasteiger partial charge in [-0.3, -0.25) is 4.79 Å². The number of anilines is 1. The fourth-order valence-corrected chi connectivity index (χ4v) is 6.22. The van der Waals surface area contributed by atoms with Gasteiger partial charge in [-0.05, 0) is 92.7 Å². The molecule has 152 valence electrons. The van der Waals surface area contributed by atoms with Crippen molar-refractivity contribution in [3.63, 3.8) is 0 Å². The summed E-state index contributed by atoms with van der Waals surface area (Å²) in [6, 6.07) is 14.6. The summed E-state index contributed by atoms with van der Waals surface area (Å²) in [7, 11) is 3.94. The Labute approximate surface area is 173 Å². The van der Waals surface area contributed by atoms with Crippen LogP contribution in [0.15, 0.2) is 42.5 Å². The summed E-state index contributed by atoms with van der Waals surface area (Å²) in [5, 5.41) is 3.13. The van der Waals surface area contributed by atoms with Gasteiger partial charge in [0.25, 0.3) is 5.91 Å². The van der Waals surface area contributed by atoms with Gasteiger partial charge in [-0.1, -0.05) is 18.9 Å². The molecule has 3 atom stereocenters. The Hall–Kier alpha value is -2.33. The van der Waals surface area contributed by atoms with Crippen LogP contribution in [-0.4, -0.2) is 37.6 Å². The van der Waals surface area contributed by atoms with Crippen molar-refractivity contribution in [2.24, 2.45) is 5.92 Å². The Morgan fingerprint density at radius 2 is 1.97 bits per heavy atom. The van der Waals surface area contributed by atoms with E-state index in [1.54, 1.807) is 7.11 Å². The molecule has 3 aliphatic rings. The summed E-state index contributed by atoms with van der Waals surface area (Å²) in [5.74, 6) is 1.45. The van der Waals surface area contributed by atoms with E-state index in [4.69, 9.17) is 4.74 Å². The summed E-state index contributed by atoms with van der Waals surface area (Å²) in [5.41, 5.74) is 4.88. The van der Waals surface area contributed by atoms with Crippen LogP contribution in [0, 0.1) is 5.92 Å². The van der Waals surface area contributed by atoms with Gasteiger partial charge in [-0.2, -0.15) is 0 Å². The fraction of sp³-hybridized carbons (Fsp3) is 0.480. The van der Waals surface area contributed by atoms with Crippen molar-refractivity contribution in [3.05, 3.63) is 59.2 Å². The molecule has 2 aromatic rings. The zero-order valence-corrected chi connectivity index (χ0v) is 17.4. The molecule has 1 aliphatic heterocycles. The highest BCUT2D eigenvalue weighted by Crippen LogP contribution is 2.55. The zero-order valence-electron chi connectivity index (χ0n) is 17.4. The van der Waals surface area contributed by atoms with Gasteiger partial charge in [0, 0.05) is 22.7 Å². The summed E-state index contributed by atoms with van der Waals surface area (Å²) in [6.45, 7) is 1.18. The maximum Gasteiger partial charge on any atom is 0.255 e. The molecular weight excluding hydrogens is 360 g/mol. The van der Waals surface area contributed by atoms with Gasteiger partial charge in [-0.25, -0.2) is 0 Å². The van der Waals surface area contributed by atoms with Crippen molar-refractivity contribution in [1.82, 2.24) is 4.90 Å². The first-order chi connectivity index (χ1) is 14.1. The number of hydrogen-bond donors (Lipinski definition) is 1. The molecular formula is C25H30N2O2. The Balaban J connectivity index is 1.45. The molecule has 0 aromatic heterocycles. The van der Waals surface area contributed by atoms with Crippen LogP contribution in [0.25, 0.3) is 0 Å². The van der Waals surface area contributed by atoms with E-state index in [1.807, 2.05) is 24.3 Å². The highest BCUT2D eigenvalue weighted by Gasteiger charge is 2.53. The number of likely N-dealkylation sites (tertiary alicyclic amines) is 1. The van der Waals surface area contributed by atoms with Crippen LogP contribution in [0.5, 0.6) is 5.75 Å². The van der Waals surface area contributed by atoms with Gasteiger partial charge in [0.1, 0.15) is 5.75 Å². The molecule has 2 fully saturated rings. The van der Waals surface area contributed by atoms with Crippen LogP contribution in [0.3, 0.4) is 0 Å². The Morgan fingerprint density at radius 1 is 1.14 bits per heavy atom. The number of nitrogens with zero attached hydrogens (tertiary/aromatic N) is 1. The number of fused-ring (bicyclic) bond motifs is 1. The highest BCUT2D eigenvalue weighted by molar-refractivity contribution is 6.04. The Kier molecular flexibility index (Phi) is 4.62. The molecule has 2 bridgehead atoms. The number of amides is 1. The van der Waals surface area contributed by atoms with Crippen LogP contribution >= 0.6 is 0 Å². The second-order valence-corrected chi connectivity index (χ2v) is 9.07. The molecule has 1 amide bonds. The quantitative estimate of drug-likeness (QED) is 0.830. The molecule has 29 heavy (non-hydrogen) atoms. The minimum absolute atomic E-state index is 0.0673. The number of benzene rings is 2. The van der Waals surface area contributed by atoms with Crippen LogP contribution in [-0.2, 0) is 11.8 Å². The van der Waals surface area contributed by atoms with Crippen LogP contribution < -0.4 is 10.1 Å². The van der Waals surface area contributed by atoms with E-state index in [0.717, 1.165) is 23.8 Å². The number of piperidine rings is 1. The number of likely N-dealkylation sites (N-methyl/N-ethyl adjacent to an activating group) is 1. The van der Waals surface area contributed by atoms with Crippen molar-refractivity contribution >= 4 is 11.6 Å². The standard InChI is InChI=1S/C25H30N2O2/c1-27-14-13-25-12-4-3-5-21(25)23(27)15-18-6-9-19(16-22(18)25)26-24(28)17-7-10-20(29-2)11-8-17/h6-11,16,21,23H,3-5,12-15H2,1-2H3,(H,26,28)/t21-,23+,25+/m0/s1. The second kappa shape index (κ2) is 7.17. The molecule has 0 unspecified atom stereocenters. The number of ether oxygens (including phenoxy) is 1. The number of carbonyl (C=O) groups is 1. The zero-order chi connectivity index (χ0) is 20.0. The van der Waals surface area contributed by atoms with Gasteiger partial charge in [0.2, 0.25) is 0 Å². The lowest BCUT2D eigenvalue weighted by Crippen LogP contribution is -2.59. The third kappa shape index (κ3) is 3.05. The molecule has 1 saturated carbocycles. The average Bonchev–Trinajstić information content (AvgIpc) is 2.76. The predicted octanol–water partition coefficient (Wildman–Crippen LogP) is 4.64. The van der Waals surface area contributed by atoms with Gasteiger partial charge < -0.3 is 15.0 Å². The number of methoxy groups -OCH3 is 1. The van der Waals surface area contributed by atoms with Crippen molar-refractivity contribution < 1.29 is 9.53 Å². The van der Waals surface area contributed by atoms with Crippen LogP contribution in [0.1, 0.15) is 53.6 Å². The van der Waals surface area contributed by atoms with Gasteiger partial charge in [0.05, 0.1) is 7.11 Å². The average molecular weight is 391 g/mol. The van der Waals surface area contributed by atoms with Crippen molar-refractivity contribution in [3.8, 4) is 5.75 Å². The highest BCUT2D eigenvalue weighted by atomic mass is 16.5. The normalized spacial score (nSPS) is 28.2. The van der Waals surface area contributed by atoms with Crippen molar-refractivity contribution in [2.75, 3.05) is 26.0 Å². The van der Waals surface area contributed by atoms with Crippen molar-refractivity contribution in [1.29, 1.82) is 0 Å². The molecule has 5 rings (SSSR count). The SMILES string of the molecule is COc1ccc(C(=O)Nc2ccc3c(c2)[C@@]24CCCC[C@H]2[C@@H](C3)N(C)CC4)cc1. The Morgan fingerprint density at radius 3 is 2.76 bits per heavy atom. The minimum Gasteiger partial charge on any atom is -0.497 e. The van der Waals surface area contributed by atoms with E-state index in [2.05, 4.69) is 35.5 Å². The lowest BCUT2D eigenvalue weighted by molar-refractivity contribution is 0.00290. The molecule has 4 nitrogen and oxygen atoms in total. The van der Waals surface area contributed by atoms with E-state index in [0.29, 0.717) is 17.0 Å². The fourth-order valence-electron chi connectivity index (χ4n) is 6.22. The molecule has 2 aromatic carbocycles. The van der Waals surface area contributed by atoms with E-state index in [9.17, 15) is 4.79 Å². The van der Waals surface area contributed by atoms with Crippen LogP contribution in [0.4, 0.5) is 5.69 Å². The van der Waals surface area contributed by atoms with Crippen LogP contribution in [0.2, 0.25) is 0 Å². The molecule has 4 heteroatoms. The number of hydrogen-bond acceptors (Lipinski definition) is 3. The number of carbonyl (C=O) groups excluding carboxylic acids is 1. The third-order valence-electron chi connectivity index (χ3n) is 7.72. The molecule has 1 heterocycles. The van der Waals surface area contributed by atoms with Gasteiger partial charge in [-0.15, -0.1) is 0 Å². The van der Waals surface area contributed by atoms with Gasteiger partial charge >= 0.3 is 0 Å². The predicted molar refractivity (Wildman–Crippen MR) is 116 cm³/mol. The lowest BCUT2D eigenvalue weighted by atomic mass is 9.52. The maximum absolute atomic E-state index is 12.8. The van der Waals surface area contributed by atoms with E-state index >= 15 is 0 Å². The first-order valence-electron chi connectivity index (χ1n) is 10.9. The van der Waals surface area contributed by atoms with E-state index in [-0.39, 0.29) is 5.91 Å². The molecule has 0 radical (unpaired) electrons. The number of rotatable bonds is 3. The lowest BCUT2D eigenvalue weighted by Gasteiger charge is -2.58. The minimum atomic E-state index is -0.0673. The first kappa shape index (κ1) is 18.7. The monoisotopic (exact) mass is 390 g/mol.